The van der Waals surface area contributed by atoms with Gasteiger partial charge >= 0.3 is 0 Å². The minimum Gasteiger partial charge on any atom is -0.398 e. The lowest BCUT2D eigenvalue weighted by Crippen LogP contribution is -2.14. The number of benzene rings is 1. The first-order valence-electron chi connectivity index (χ1n) is 5.28. The summed E-state index contributed by atoms with van der Waals surface area (Å²) in [6.45, 7) is 1.53. The van der Waals surface area contributed by atoms with Gasteiger partial charge in [0.15, 0.2) is 0 Å². The van der Waals surface area contributed by atoms with Crippen LogP contribution in [0.3, 0.4) is 0 Å². The highest BCUT2D eigenvalue weighted by Crippen LogP contribution is 2.09. The zero-order chi connectivity index (χ0) is 11.4. The van der Waals surface area contributed by atoms with Crippen LogP contribution in [-0.4, -0.2) is 9.78 Å². The molecule has 0 aliphatic carbocycles. The lowest BCUT2D eigenvalue weighted by atomic mass is 10.2. The summed E-state index contributed by atoms with van der Waals surface area (Å²) in [5, 5.41) is 7.60. The summed E-state index contributed by atoms with van der Waals surface area (Å²) < 4.78 is 1.80. The van der Waals surface area contributed by atoms with Gasteiger partial charge in [-0.1, -0.05) is 18.2 Å². The van der Waals surface area contributed by atoms with Gasteiger partial charge < -0.3 is 11.1 Å². The molecule has 0 unspecified atom stereocenters. The Morgan fingerprint density at radius 3 is 2.75 bits per heavy atom. The maximum atomic E-state index is 5.84. The van der Waals surface area contributed by atoms with Crippen molar-refractivity contribution in [1.82, 2.24) is 15.1 Å². The fraction of sp³-hybridized carbons (Fsp3) is 0.250. The fourth-order valence-electron chi connectivity index (χ4n) is 1.58. The fourth-order valence-corrected chi connectivity index (χ4v) is 1.58. The van der Waals surface area contributed by atoms with Crippen molar-refractivity contribution in [2.24, 2.45) is 7.05 Å². The smallest absolute Gasteiger partial charge is 0.0762 e. The molecule has 84 valence electrons. The molecule has 0 amide bonds. The molecule has 0 saturated heterocycles. The monoisotopic (exact) mass is 216 g/mol. The van der Waals surface area contributed by atoms with Crippen LogP contribution in [0.2, 0.25) is 0 Å². The van der Waals surface area contributed by atoms with Crippen molar-refractivity contribution in [2.45, 2.75) is 13.1 Å². The summed E-state index contributed by atoms with van der Waals surface area (Å²) in [7, 11) is 1.92. The van der Waals surface area contributed by atoms with Gasteiger partial charge in [0.25, 0.3) is 0 Å². The third-order valence-corrected chi connectivity index (χ3v) is 2.45. The Bertz CT molecular complexity index is 462. The Hall–Kier alpha value is -1.81. The van der Waals surface area contributed by atoms with Crippen LogP contribution < -0.4 is 11.1 Å². The van der Waals surface area contributed by atoms with E-state index in [-0.39, 0.29) is 0 Å². The van der Waals surface area contributed by atoms with Crippen molar-refractivity contribution < 1.29 is 0 Å². The van der Waals surface area contributed by atoms with Crippen LogP contribution in [-0.2, 0) is 20.1 Å². The van der Waals surface area contributed by atoms with Crippen molar-refractivity contribution in [3.8, 4) is 0 Å². The Morgan fingerprint density at radius 1 is 1.25 bits per heavy atom. The number of aromatic nitrogens is 2. The van der Waals surface area contributed by atoms with E-state index in [4.69, 9.17) is 5.73 Å². The van der Waals surface area contributed by atoms with Crippen molar-refractivity contribution in [3.05, 3.63) is 47.8 Å². The maximum absolute atomic E-state index is 5.84. The maximum Gasteiger partial charge on any atom is 0.0762 e. The molecule has 4 nitrogen and oxygen atoms in total. The van der Waals surface area contributed by atoms with E-state index in [1.54, 1.807) is 4.68 Å². The summed E-state index contributed by atoms with van der Waals surface area (Å²) in [5.74, 6) is 0. The first-order chi connectivity index (χ1) is 7.75. The minimum absolute atomic E-state index is 0.759. The van der Waals surface area contributed by atoms with E-state index >= 15 is 0 Å². The van der Waals surface area contributed by atoms with Crippen LogP contribution in [0.4, 0.5) is 5.69 Å². The number of anilines is 1. The second-order valence-electron chi connectivity index (χ2n) is 3.78. The van der Waals surface area contributed by atoms with Gasteiger partial charge in [0.2, 0.25) is 0 Å². The number of para-hydroxylation sites is 1. The summed E-state index contributed by atoms with van der Waals surface area (Å²) in [5.41, 5.74) is 8.84. The van der Waals surface area contributed by atoms with Crippen LogP contribution in [0.15, 0.2) is 36.5 Å². The molecule has 0 aliphatic heterocycles. The molecular formula is C12H16N4. The molecule has 0 saturated carbocycles. The van der Waals surface area contributed by atoms with Gasteiger partial charge in [0, 0.05) is 32.0 Å². The van der Waals surface area contributed by atoms with Gasteiger partial charge in [0.05, 0.1) is 5.69 Å². The molecule has 4 heteroatoms. The average molecular weight is 216 g/mol. The van der Waals surface area contributed by atoms with Crippen LogP contribution in [0.25, 0.3) is 0 Å². The molecule has 2 rings (SSSR count). The molecule has 2 aromatic rings. The standard InChI is InChI=1S/C12H16N4/c1-16-7-6-11(15-16)9-14-8-10-4-2-3-5-12(10)13/h2-7,14H,8-9,13H2,1H3. The molecule has 0 fully saturated rings. The number of nitrogen functional groups attached to an aromatic ring is 1. The van der Waals surface area contributed by atoms with E-state index in [9.17, 15) is 0 Å². The second-order valence-corrected chi connectivity index (χ2v) is 3.78. The SMILES string of the molecule is Cn1ccc(CNCc2ccccc2N)n1. The predicted molar refractivity (Wildman–Crippen MR) is 64.6 cm³/mol. The lowest BCUT2D eigenvalue weighted by molar-refractivity contribution is 0.657. The number of nitrogens with zero attached hydrogens (tertiary/aromatic N) is 2. The van der Waals surface area contributed by atoms with E-state index in [1.807, 2.05) is 43.6 Å². The van der Waals surface area contributed by atoms with Gasteiger partial charge in [-0.25, -0.2) is 0 Å². The number of hydrogen-bond acceptors (Lipinski definition) is 3. The van der Waals surface area contributed by atoms with Gasteiger partial charge in [0.1, 0.15) is 0 Å². The third-order valence-electron chi connectivity index (χ3n) is 2.45. The Balaban J connectivity index is 1.87. The predicted octanol–water partition coefficient (Wildman–Crippen LogP) is 1.29. The topological polar surface area (TPSA) is 55.9 Å². The molecule has 0 spiro atoms. The van der Waals surface area contributed by atoms with E-state index in [0.717, 1.165) is 30.0 Å². The molecule has 0 aliphatic rings. The van der Waals surface area contributed by atoms with E-state index < -0.39 is 0 Å². The molecule has 3 N–H and O–H groups in total. The largest absolute Gasteiger partial charge is 0.398 e. The third kappa shape index (κ3) is 2.61. The number of nitrogens with one attached hydrogen (secondary N) is 1. The van der Waals surface area contributed by atoms with E-state index in [1.165, 1.54) is 0 Å². The lowest BCUT2D eigenvalue weighted by Gasteiger charge is -2.05. The van der Waals surface area contributed by atoms with Crippen molar-refractivity contribution >= 4 is 5.69 Å². The number of nitrogens with two attached hydrogens (primary N) is 1. The molecule has 0 bridgehead atoms. The molecule has 0 radical (unpaired) electrons. The summed E-state index contributed by atoms with van der Waals surface area (Å²) in [6.07, 6.45) is 1.94. The van der Waals surface area contributed by atoms with Crippen molar-refractivity contribution in [3.63, 3.8) is 0 Å². The van der Waals surface area contributed by atoms with Crippen LogP contribution in [0, 0.1) is 0 Å². The Labute approximate surface area is 95.1 Å². The highest BCUT2D eigenvalue weighted by Gasteiger charge is 1.99. The van der Waals surface area contributed by atoms with E-state index in [2.05, 4.69) is 10.4 Å². The van der Waals surface area contributed by atoms with Crippen LogP contribution >= 0.6 is 0 Å². The van der Waals surface area contributed by atoms with Gasteiger partial charge in [-0.2, -0.15) is 5.10 Å². The minimum atomic E-state index is 0.759. The zero-order valence-electron chi connectivity index (χ0n) is 9.35. The number of rotatable bonds is 4. The van der Waals surface area contributed by atoms with Gasteiger partial charge in [-0.05, 0) is 17.7 Å². The normalized spacial score (nSPS) is 10.6. The van der Waals surface area contributed by atoms with Crippen molar-refractivity contribution in [1.29, 1.82) is 0 Å². The molecule has 1 heterocycles. The zero-order valence-corrected chi connectivity index (χ0v) is 9.35. The van der Waals surface area contributed by atoms with Crippen molar-refractivity contribution in [2.75, 3.05) is 5.73 Å². The van der Waals surface area contributed by atoms with E-state index in [0.29, 0.717) is 0 Å². The molecular weight excluding hydrogens is 200 g/mol. The second kappa shape index (κ2) is 4.81. The number of hydrogen-bond donors (Lipinski definition) is 2. The van der Waals surface area contributed by atoms with Crippen LogP contribution in [0.5, 0.6) is 0 Å². The number of aryl methyl sites for hydroxylation is 1. The van der Waals surface area contributed by atoms with Gasteiger partial charge in [-0.15, -0.1) is 0 Å². The highest BCUT2D eigenvalue weighted by molar-refractivity contribution is 5.46. The highest BCUT2D eigenvalue weighted by atomic mass is 15.3. The first-order valence-corrected chi connectivity index (χ1v) is 5.28. The molecule has 16 heavy (non-hydrogen) atoms. The molecule has 0 atom stereocenters. The summed E-state index contributed by atoms with van der Waals surface area (Å²) >= 11 is 0. The Morgan fingerprint density at radius 2 is 2.06 bits per heavy atom. The summed E-state index contributed by atoms with van der Waals surface area (Å²) in [4.78, 5) is 0. The Kier molecular flexibility index (Phi) is 3.22. The average Bonchev–Trinajstić information content (AvgIpc) is 2.67. The molecule has 1 aromatic carbocycles. The van der Waals surface area contributed by atoms with Crippen LogP contribution in [0.1, 0.15) is 11.3 Å². The first kappa shape index (κ1) is 10.7. The summed E-state index contributed by atoms with van der Waals surface area (Å²) in [6, 6.07) is 9.88. The molecule has 1 aromatic heterocycles. The quantitative estimate of drug-likeness (QED) is 0.757. The van der Waals surface area contributed by atoms with Gasteiger partial charge in [-0.3, -0.25) is 4.68 Å².